The second-order valence-corrected chi connectivity index (χ2v) is 7.38. The van der Waals surface area contributed by atoms with Crippen LogP contribution in [-0.2, 0) is 19.6 Å². The van der Waals surface area contributed by atoms with E-state index in [1.807, 2.05) is 27.5 Å². The van der Waals surface area contributed by atoms with E-state index in [2.05, 4.69) is 27.4 Å². The van der Waals surface area contributed by atoms with Gasteiger partial charge in [0.2, 0.25) is 0 Å². The van der Waals surface area contributed by atoms with Gasteiger partial charge in [0.25, 0.3) is 0 Å². The first-order valence-corrected chi connectivity index (χ1v) is 9.77. The maximum atomic E-state index is 12.3. The number of aryl methyl sites for hydroxylation is 1. The van der Waals surface area contributed by atoms with Crippen LogP contribution in [0.15, 0.2) is 29.2 Å². The van der Waals surface area contributed by atoms with Gasteiger partial charge in [-0.25, -0.2) is 9.78 Å². The summed E-state index contributed by atoms with van der Waals surface area (Å²) < 4.78 is 1.97. The van der Waals surface area contributed by atoms with Gasteiger partial charge in [0, 0.05) is 19.0 Å². The van der Waals surface area contributed by atoms with E-state index < -0.39 is 0 Å². The number of rotatable bonds is 7. The van der Waals surface area contributed by atoms with E-state index in [1.54, 1.807) is 40.9 Å². The molecule has 3 aromatic rings. The molecule has 0 aliphatic rings. The lowest BCUT2D eigenvalue weighted by molar-refractivity contribution is 0.204. The molecule has 0 aliphatic carbocycles. The smallest absolute Gasteiger partial charge is 0.317 e. The highest BCUT2D eigenvalue weighted by Crippen LogP contribution is 2.27. The van der Waals surface area contributed by atoms with Crippen LogP contribution >= 0.6 is 22.7 Å². The summed E-state index contributed by atoms with van der Waals surface area (Å²) in [6, 6.07) is 3.90. The highest BCUT2D eigenvalue weighted by molar-refractivity contribution is 7.20. The van der Waals surface area contributed by atoms with Crippen LogP contribution in [0.2, 0.25) is 0 Å². The van der Waals surface area contributed by atoms with Crippen molar-refractivity contribution in [1.29, 1.82) is 0 Å². The number of hydrogen-bond acceptors (Lipinski definition) is 6. The van der Waals surface area contributed by atoms with E-state index in [-0.39, 0.29) is 6.03 Å². The van der Waals surface area contributed by atoms with E-state index in [4.69, 9.17) is 0 Å². The van der Waals surface area contributed by atoms with Gasteiger partial charge in [-0.2, -0.15) is 0 Å². The Bertz CT molecular complexity index is 810. The van der Waals surface area contributed by atoms with Gasteiger partial charge >= 0.3 is 6.03 Å². The van der Waals surface area contributed by atoms with Crippen molar-refractivity contribution in [3.63, 3.8) is 0 Å². The van der Waals surface area contributed by atoms with Crippen LogP contribution in [0.3, 0.4) is 0 Å². The fraction of sp³-hybridized carbons (Fsp3) is 0.375. The summed E-state index contributed by atoms with van der Waals surface area (Å²) in [7, 11) is 1.75. The molecular weight excluding hydrogens is 356 g/mol. The molecule has 0 radical (unpaired) electrons. The first-order valence-electron chi connectivity index (χ1n) is 8.01. The Morgan fingerprint density at radius 1 is 1.40 bits per heavy atom. The predicted molar refractivity (Wildman–Crippen MR) is 99.4 cm³/mol. The van der Waals surface area contributed by atoms with Crippen molar-refractivity contribution < 1.29 is 4.79 Å². The lowest BCUT2D eigenvalue weighted by Crippen LogP contribution is -2.37. The number of nitrogens with zero attached hydrogens (tertiary/aromatic N) is 5. The molecule has 0 unspecified atom stereocenters. The number of urea groups is 1. The molecule has 25 heavy (non-hydrogen) atoms. The molecule has 3 aromatic heterocycles. The van der Waals surface area contributed by atoms with E-state index >= 15 is 0 Å². The van der Waals surface area contributed by atoms with Crippen molar-refractivity contribution in [1.82, 2.24) is 30.0 Å². The standard InChI is InChI=1S/C16H20N6OS2/c1-3-6-22-11-18-20-14(22)9-21(2)16(23)17-8-12-10-25-15(19-12)13-5-4-7-24-13/h4-5,7,10-11H,3,6,8-9H2,1-2H3,(H,17,23). The van der Waals surface area contributed by atoms with Crippen LogP contribution in [0.1, 0.15) is 24.9 Å². The third-order valence-electron chi connectivity index (χ3n) is 3.59. The SMILES string of the molecule is CCCn1cnnc1CN(C)C(=O)NCc1csc(-c2cccs2)n1. The Hall–Kier alpha value is -2.26. The van der Waals surface area contributed by atoms with Gasteiger partial charge in [0.1, 0.15) is 11.3 Å². The van der Waals surface area contributed by atoms with Gasteiger partial charge in [0.05, 0.1) is 23.7 Å². The highest BCUT2D eigenvalue weighted by atomic mass is 32.1. The predicted octanol–water partition coefficient (Wildman–Crippen LogP) is 3.21. The average molecular weight is 377 g/mol. The molecule has 7 nitrogen and oxygen atoms in total. The van der Waals surface area contributed by atoms with Crippen LogP contribution in [0.25, 0.3) is 9.88 Å². The molecule has 0 spiro atoms. The van der Waals surface area contributed by atoms with Gasteiger partial charge < -0.3 is 14.8 Å². The van der Waals surface area contributed by atoms with Crippen molar-refractivity contribution in [2.45, 2.75) is 33.0 Å². The van der Waals surface area contributed by atoms with Crippen molar-refractivity contribution in [3.05, 3.63) is 40.7 Å². The molecule has 3 rings (SSSR count). The van der Waals surface area contributed by atoms with Crippen molar-refractivity contribution in [2.24, 2.45) is 0 Å². The first kappa shape index (κ1) is 17.6. The number of carbonyl (C=O) groups is 1. The molecule has 3 heterocycles. The monoisotopic (exact) mass is 376 g/mol. The van der Waals surface area contributed by atoms with Crippen LogP contribution < -0.4 is 5.32 Å². The first-order chi connectivity index (χ1) is 12.2. The zero-order valence-electron chi connectivity index (χ0n) is 14.2. The van der Waals surface area contributed by atoms with Gasteiger partial charge in [0.15, 0.2) is 5.82 Å². The summed E-state index contributed by atoms with van der Waals surface area (Å²) in [4.78, 5) is 19.6. The normalized spacial score (nSPS) is 10.8. The van der Waals surface area contributed by atoms with Crippen LogP contribution in [0, 0.1) is 0 Å². The van der Waals surface area contributed by atoms with Crippen molar-refractivity contribution in [2.75, 3.05) is 7.05 Å². The van der Waals surface area contributed by atoms with E-state index in [0.29, 0.717) is 13.1 Å². The number of carbonyl (C=O) groups excluding carboxylic acids is 1. The molecule has 0 saturated carbocycles. The minimum atomic E-state index is -0.156. The quantitative estimate of drug-likeness (QED) is 0.687. The third kappa shape index (κ3) is 4.43. The summed E-state index contributed by atoms with van der Waals surface area (Å²) >= 11 is 3.25. The Morgan fingerprint density at radius 3 is 3.04 bits per heavy atom. The number of thiazole rings is 1. The van der Waals surface area contributed by atoms with Gasteiger partial charge in [-0.3, -0.25) is 0 Å². The average Bonchev–Trinajstić information content (AvgIpc) is 3.34. The molecule has 0 saturated heterocycles. The lowest BCUT2D eigenvalue weighted by atomic mass is 10.4. The second-order valence-electron chi connectivity index (χ2n) is 5.58. The van der Waals surface area contributed by atoms with E-state index in [1.165, 1.54) is 0 Å². The van der Waals surface area contributed by atoms with Crippen LogP contribution in [0.4, 0.5) is 4.79 Å². The molecule has 0 fully saturated rings. The Balaban J connectivity index is 1.52. The number of hydrogen-bond donors (Lipinski definition) is 1. The maximum absolute atomic E-state index is 12.3. The Morgan fingerprint density at radius 2 is 2.28 bits per heavy atom. The Labute approximate surface area is 154 Å². The summed E-state index contributed by atoms with van der Waals surface area (Å²) in [6.45, 7) is 3.77. The fourth-order valence-corrected chi connectivity index (χ4v) is 3.95. The molecule has 132 valence electrons. The number of thiophene rings is 1. The minimum Gasteiger partial charge on any atom is -0.332 e. The molecule has 0 aliphatic heterocycles. The zero-order chi connectivity index (χ0) is 17.6. The maximum Gasteiger partial charge on any atom is 0.317 e. The van der Waals surface area contributed by atoms with Crippen molar-refractivity contribution in [3.8, 4) is 9.88 Å². The molecule has 0 bridgehead atoms. The lowest BCUT2D eigenvalue weighted by Gasteiger charge is -2.17. The largest absolute Gasteiger partial charge is 0.332 e. The minimum absolute atomic E-state index is 0.156. The van der Waals surface area contributed by atoms with Gasteiger partial charge in [-0.15, -0.1) is 32.9 Å². The summed E-state index contributed by atoms with van der Waals surface area (Å²) in [5.74, 6) is 0.785. The second kappa shape index (κ2) is 8.21. The number of nitrogens with one attached hydrogen (secondary N) is 1. The van der Waals surface area contributed by atoms with Crippen LogP contribution in [-0.4, -0.2) is 37.7 Å². The fourth-order valence-electron chi connectivity index (χ4n) is 2.32. The molecular formula is C16H20N6OS2. The van der Waals surface area contributed by atoms with Gasteiger partial charge in [-0.1, -0.05) is 13.0 Å². The van der Waals surface area contributed by atoms with E-state index in [0.717, 1.165) is 34.4 Å². The summed E-state index contributed by atoms with van der Waals surface area (Å²) in [5, 5.41) is 15.9. The summed E-state index contributed by atoms with van der Waals surface area (Å²) in [5.41, 5.74) is 0.865. The molecule has 0 aromatic carbocycles. The molecule has 9 heteroatoms. The van der Waals surface area contributed by atoms with E-state index in [9.17, 15) is 4.79 Å². The van der Waals surface area contributed by atoms with Crippen molar-refractivity contribution >= 4 is 28.7 Å². The highest BCUT2D eigenvalue weighted by Gasteiger charge is 2.13. The topological polar surface area (TPSA) is 75.9 Å². The zero-order valence-corrected chi connectivity index (χ0v) is 15.8. The van der Waals surface area contributed by atoms with Gasteiger partial charge in [-0.05, 0) is 17.9 Å². The van der Waals surface area contributed by atoms with Crippen LogP contribution in [0.5, 0.6) is 0 Å². The Kier molecular flexibility index (Phi) is 5.77. The molecule has 1 N–H and O–H groups in total. The molecule has 2 amide bonds. The molecule has 0 atom stereocenters. The summed E-state index contributed by atoms with van der Waals surface area (Å²) in [6.07, 6.45) is 2.70. The number of aromatic nitrogens is 4. The third-order valence-corrected chi connectivity index (χ3v) is 5.52. The number of amides is 2.